The predicted octanol–water partition coefficient (Wildman–Crippen LogP) is 18.7. The first-order valence-corrected chi connectivity index (χ1v) is 47.4. The van der Waals surface area contributed by atoms with Crippen LogP contribution in [0.2, 0.25) is 0 Å². The van der Waals surface area contributed by atoms with Gasteiger partial charge in [-0.05, 0) is 51.4 Å². The molecule has 3 saturated heterocycles. The molecule has 3 aliphatic rings. The van der Waals surface area contributed by atoms with E-state index < -0.39 is 124 Å². The maximum atomic E-state index is 13.6. The molecule has 0 aliphatic carbocycles. The molecule has 0 aromatic heterocycles. The van der Waals surface area contributed by atoms with Gasteiger partial charge in [-0.25, -0.2) is 0 Å². The van der Waals surface area contributed by atoms with Gasteiger partial charge in [0.1, 0.15) is 73.2 Å². The summed E-state index contributed by atoms with van der Waals surface area (Å²) in [6.45, 7) is 1.76. The van der Waals surface area contributed by atoms with E-state index in [9.17, 15) is 61.0 Å². The highest BCUT2D eigenvalue weighted by Crippen LogP contribution is 2.34. The van der Waals surface area contributed by atoms with Gasteiger partial charge in [0, 0.05) is 6.42 Å². The van der Waals surface area contributed by atoms with E-state index in [1.54, 1.807) is 0 Å². The third kappa shape index (κ3) is 51.9. The molecule has 3 aliphatic heterocycles. The summed E-state index contributed by atoms with van der Waals surface area (Å²) >= 11 is 0. The van der Waals surface area contributed by atoms with Gasteiger partial charge in [0.2, 0.25) is 5.91 Å². The molecule has 3 heterocycles. The van der Waals surface area contributed by atoms with Crippen LogP contribution in [0.4, 0.5) is 0 Å². The summed E-state index contributed by atoms with van der Waals surface area (Å²) in [4.78, 5) is 13.6. The van der Waals surface area contributed by atoms with Crippen LogP contribution in [0.15, 0.2) is 48.6 Å². The summed E-state index contributed by atoms with van der Waals surface area (Å²) in [7, 11) is 0. The lowest BCUT2D eigenvalue weighted by Crippen LogP contribution is -2.66. The van der Waals surface area contributed by atoms with Gasteiger partial charge in [0.15, 0.2) is 18.9 Å². The zero-order valence-electron chi connectivity index (χ0n) is 71.9. The zero-order chi connectivity index (χ0) is 81.7. The van der Waals surface area contributed by atoms with Gasteiger partial charge in [-0.3, -0.25) is 4.79 Å². The fourth-order valence-corrected chi connectivity index (χ4v) is 16.2. The average molecular weight is 1610 g/mol. The number of rotatable bonds is 78. The van der Waals surface area contributed by atoms with Crippen molar-refractivity contribution in [2.75, 3.05) is 26.4 Å². The van der Waals surface area contributed by atoms with Crippen LogP contribution in [0.1, 0.15) is 412 Å². The quantitative estimate of drug-likeness (QED) is 0.0199. The van der Waals surface area contributed by atoms with Crippen molar-refractivity contribution >= 4 is 5.91 Å². The van der Waals surface area contributed by atoms with Gasteiger partial charge in [-0.15, -0.1) is 0 Å². The number of amides is 1. The second-order valence-electron chi connectivity index (χ2n) is 33.8. The minimum Gasteiger partial charge on any atom is -0.394 e. The van der Waals surface area contributed by atoms with E-state index in [0.717, 1.165) is 70.6 Å². The van der Waals surface area contributed by atoms with Gasteiger partial charge < -0.3 is 89.9 Å². The minimum atomic E-state index is -1.97. The largest absolute Gasteiger partial charge is 0.394 e. The third-order valence-corrected chi connectivity index (χ3v) is 23.7. The van der Waals surface area contributed by atoms with Gasteiger partial charge in [0.05, 0.1) is 38.6 Å². The van der Waals surface area contributed by atoms with E-state index in [-0.39, 0.29) is 18.9 Å². The Morgan fingerprint density at radius 2 is 0.611 bits per heavy atom. The number of hydrogen-bond donors (Lipinski definition) is 12. The van der Waals surface area contributed by atoms with E-state index in [1.807, 2.05) is 0 Å². The normalized spacial score (nSPS) is 25.0. The summed E-state index contributed by atoms with van der Waals surface area (Å²) in [6, 6.07) is -0.888. The Hall–Kier alpha value is -2.25. The second kappa shape index (κ2) is 73.7. The molecule has 0 spiro atoms. The Bertz CT molecular complexity index is 2220. The first kappa shape index (κ1) is 105. The summed E-state index contributed by atoms with van der Waals surface area (Å²) in [6.07, 6.45) is 69.5. The SMILES string of the molecule is CC/C=C\C/C=C\C/C=C\C/C=C\CCCCCCCCCCCCCCCCCCCCCCCCCCC(=O)NC(COC1OC(CO)C(OC2OC(CO)C(OC3OC(CO)C(O)C(O)C3O)C(O)C2O)C(O)C1O)C(O)CCCCCCCCCCCCCCCCCCCCCCCCCCCCCCCCC. The van der Waals surface area contributed by atoms with Crippen molar-refractivity contribution in [2.24, 2.45) is 0 Å². The molecule has 17 atom stereocenters. The molecule has 0 bridgehead atoms. The molecular formula is C94H175NO18. The summed E-state index contributed by atoms with van der Waals surface area (Å²) in [5, 5.41) is 121. The summed E-state index contributed by atoms with van der Waals surface area (Å²) < 4.78 is 34.6. The van der Waals surface area contributed by atoms with Crippen molar-refractivity contribution < 1.29 is 89.4 Å². The van der Waals surface area contributed by atoms with Gasteiger partial charge >= 0.3 is 0 Å². The van der Waals surface area contributed by atoms with E-state index in [4.69, 9.17) is 28.4 Å². The van der Waals surface area contributed by atoms with Crippen LogP contribution in [0.5, 0.6) is 0 Å². The summed E-state index contributed by atoms with van der Waals surface area (Å²) in [5.41, 5.74) is 0. The highest BCUT2D eigenvalue weighted by molar-refractivity contribution is 5.76. The van der Waals surface area contributed by atoms with Crippen LogP contribution in [0, 0.1) is 0 Å². The Kier molecular flexibility index (Phi) is 68.4. The van der Waals surface area contributed by atoms with E-state index in [1.165, 1.54) is 308 Å². The average Bonchev–Trinajstić information content (AvgIpc) is 0.779. The molecule has 19 nitrogen and oxygen atoms in total. The zero-order valence-corrected chi connectivity index (χ0v) is 71.9. The Morgan fingerprint density at radius 1 is 0.327 bits per heavy atom. The lowest BCUT2D eigenvalue weighted by molar-refractivity contribution is -0.379. The van der Waals surface area contributed by atoms with Crippen LogP contribution in [-0.4, -0.2) is 193 Å². The van der Waals surface area contributed by atoms with Crippen LogP contribution < -0.4 is 5.32 Å². The lowest BCUT2D eigenvalue weighted by atomic mass is 9.96. The monoisotopic (exact) mass is 1610 g/mol. The molecule has 0 aromatic rings. The van der Waals surface area contributed by atoms with E-state index in [2.05, 4.69) is 67.8 Å². The molecule has 664 valence electrons. The van der Waals surface area contributed by atoms with Crippen LogP contribution in [0.25, 0.3) is 0 Å². The standard InChI is InChI=1S/C94H175NO18/c1-3-5-7-9-11-13-15-17-19-21-23-25-27-29-31-33-35-36-37-38-39-40-42-44-46-48-50-52-54-56-58-60-62-64-66-68-70-72-82(100)95-77(78(99)71-69-67-65-63-61-59-57-55-53-51-49-47-45-43-41-34-32-30-28-26-24-22-20-18-16-14-12-10-8-6-4-2)76-108-92-88(106)85(103)90(80(74-97)110-92)113-94-89(107)86(104)91(81(75-98)111-94)112-93-87(105)84(102)83(101)79(73-96)109-93/h5,7,11,13,17,19,23,25,77-81,83-94,96-99,101-107H,3-4,6,8-10,12,14-16,18,20-22,24,26-76H2,1-2H3,(H,95,100)/b7-5-,13-11-,19-17-,25-23-. The Balaban J connectivity index is 1.29. The van der Waals surface area contributed by atoms with E-state index in [0.29, 0.717) is 12.8 Å². The molecule has 1 amide bonds. The first-order valence-electron chi connectivity index (χ1n) is 47.4. The molecule has 17 unspecified atom stereocenters. The second-order valence-corrected chi connectivity index (χ2v) is 33.8. The fraction of sp³-hybridized carbons (Fsp3) is 0.904. The van der Waals surface area contributed by atoms with Gasteiger partial charge in [-0.2, -0.15) is 0 Å². The number of ether oxygens (including phenoxy) is 6. The first-order chi connectivity index (χ1) is 55.3. The number of aliphatic hydroxyl groups excluding tert-OH is 11. The third-order valence-electron chi connectivity index (χ3n) is 23.7. The number of aliphatic hydroxyl groups is 11. The number of unbranched alkanes of at least 4 members (excludes halogenated alkanes) is 54. The van der Waals surface area contributed by atoms with Gasteiger partial charge in [-0.1, -0.05) is 403 Å². The van der Waals surface area contributed by atoms with E-state index >= 15 is 0 Å². The van der Waals surface area contributed by atoms with Crippen LogP contribution in [-0.2, 0) is 33.2 Å². The van der Waals surface area contributed by atoms with Crippen LogP contribution in [0.3, 0.4) is 0 Å². The fourth-order valence-electron chi connectivity index (χ4n) is 16.2. The number of nitrogens with one attached hydrogen (secondary N) is 1. The number of allylic oxidation sites excluding steroid dienone is 8. The molecule has 3 rings (SSSR count). The topological polar surface area (TPSA) is 307 Å². The lowest BCUT2D eigenvalue weighted by Gasteiger charge is -2.48. The highest BCUT2D eigenvalue weighted by Gasteiger charge is 2.54. The number of hydrogen-bond acceptors (Lipinski definition) is 18. The van der Waals surface area contributed by atoms with Crippen molar-refractivity contribution in [3.8, 4) is 0 Å². The smallest absolute Gasteiger partial charge is 0.220 e. The number of carbonyl (C=O) groups is 1. The molecule has 0 saturated carbocycles. The van der Waals surface area contributed by atoms with Crippen molar-refractivity contribution in [1.82, 2.24) is 5.32 Å². The van der Waals surface area contributed by atoms with Crippen molar-refractivity contribution in [2.45, 2.75) is 516 Å². The molecule has 19 heteroatoms. The molecular weight excluding hydrogens is 1430 g/mol. The van der Waals surface area contributed by atoms with Crippen molar-refractivity contribution in [3.63, 3.8) is 0 Å². The van der Waals surface area contributed by atoms with Crippen molar-refractivity contribution in [3.05, 3.63) is 48.6 Å². The molecule has 12 N–H and O–H groups in total. The Morgan fingerprint density at radius 3 is 0.956 bits per heavy atom. The molecule has 0 radical (unpaired) electrons. The van der Waals surface area contributed by atoms with Crippen LogP contribution >= 0.6 is 0 Å². The summed E-state index contributed by atoms with van der Waals surface area (Å²) in [5.74, 6) is -0.233. The predicted molar refractivity (Wildman–Crippen MR) is 457 cm³/mol. The molecule has 113 heavy (non-hydrogen) atoms. The molecule has 0 aromatic carbocycles. The maximum absolute atomic E-state index is 13.6. The van der Waals surface area contributed by atoms with Gasteiger partial charge in [0.25, 0.3) is 0 Å². The number of carbonyl (C=O) groups excluding carboxylic acids is 1. The molecule has 3 fully saturated rings. The minimum absolute atomic E-state index is 0.233. The Labute approximate surface area is 688 Å². The maximum Gasteiger partial charge on any atom is 0.220 e. The highest BCUT2D eigenvalue weighted by atomic mass is 16.8. The van der Waals surface area contributed by atoms with Crippen molar-refractivity contribution in [1.29, 1.82) is 0 Å².